The molecule has 0 aromatic heterocycles. The van der Waals surface area contributed by atoms with Gasteiger partial charge in [0.05, 0.1) is 5.56 Å². The van der Waals surface area contributed by atoms with Crippen LogP contribution in [0.25, 0.3) is 0 Å². The molecule has 0 aliphatic heterocycles. The fourth-order valence-electron chi connectivity index (χ4n) is 3.86. The molecule has 0 spiro atoms. The quantitative estimate of drug-likeness (QED) is 0.537. The van der Waals surface area contributed by atoms with Crippen LogP contribution in [0.3, 0.4) is 0 Å². The maximum absolute atomic E-state index is 12.8. The fourth-order valence-corrected chi connectivity index (χ4v) is 3.98. The fraction of sp³-hybridized carbons (Fsp3) is 0.375. The molecule has 5 nitrogen and oxygen atoms in total. The Morgan fingerprint density at radius 2 is 1.67 bits per heavy atom. The summed E-state index contributed by atoms with van der Waals surface area (Å²) in [7, 11) is 0. The first-order valence-electron chi connectivity index (χ1n) is 10.2. The van der Waals surface area contributed by atoms with Crippen LogP contribution in [0.2, 0.25) is 5.02 Å². The van der Waals surface area contributed by atoms with Crippen LogP contribution in [-0.4, -0.2) is 30.3 Å². The minimum atomic E-state index is -0.701. The van der Waals surface area contributed by atoms with Crippen molar-refractivity contribution in [1.29, 1.82) is 0 Å². The van der Waals surface area contributed by atoms with Crippen molar-refractivity contribution in [1.82, 2.24) is 5.32 Å². The summed E-state index contributed by atoms with van der Waals surface area (Å²) in [5, 5.41) is 3.50. The van der Waals surface area contributed by atoms with Gasteiger partial charge in [-0.15, -0.1) is 0 Å². The van der Waals surface area contributed by atoms with Gasteiger partial charge in [0, 0.05) is 22.2 Å². The van der Waals surface area contributed by atoms with Gasteiger partial charge >= 0.3 is 5.97 Å². The zero-order chi connectivity index (χ0) is 21.7. The zero-order valence-corrected chi connectivity index (χ0v) is 17.9. The summed E-state index contributed by atoms with van der Waals surface area (Å²) in [5.41, 5.74) is 0.766. The number of ether oxygens (including phenoxy) is 1. The Morgan fingerprint density at radius 1 is 1.00 bits per heavy atom. The van der Waals surface area contributed by atoms with E-state index >= 15 is 0 Å². The number of benzene rings is 2. The molecule has 1 aliphatic rings. The molecule has 0 saturated heterocycles. The number of esters is 1. The number of hydrogen-bond donors (Lipinski definition) is 1. The van der Waals surface area contributed by atoms with Crippen molar-refractivity contribution in [3.8, 4) is 0 Å². The van der Waals surface area contributed by atoms with E-state index in [1.165, 1.54) is 12.5 Å². The summed E-state index contributed by atoms with van der Waals surface area (Å²) in [6.07, 6.45) is 3.18. The largest absolute Gasteiger partial charge is 0.452 e. The van der Waals surface area contributed by atoms with Crippen molar-refractivity contribution >= 4 is 29.3 Å². The highest BCUT2D eigenvalue weighted by atomic mass is 35.5. The highest BCUT2D eigenvalue weighted by Crippen LogP contribution is 2.29. The first-order chi connectivity index (χ1) is 14.4. The van der Waals surface area contributed by atoms with Crippen LogP contribution in [0.15, 0.2) is 48.5 Å². The predicted octanol–water partition coefficient (Wildman–Crippen LogP) is 4.67. The van der Waals surface area contributed by atoms with Crippen molar-refractivity contribution in [2.45, 2.75) is 39.2 Å². The summed E-state index contributed by atoms with van der Waals surface area (Å²) in [6.45, 7) is 3.96. The lowest BCUT2D eigenvalue weighted by Crippen LogP contribution is -2.45. The molecule has 2 aromatic carbocycles. The van der Waals surface area contributed by atoms with Crippen molar-refractivity contribution in [2.24, 2.45) is 11.8 Å². The number of carbonyl (C=O) groups is 3. The summed E-state index contributed by atoms with van der Waals surface area (Å²) >= 11 is 5.88. The third kappa shape index (κ3) is 5.28. The molecular weight excluding hydrogens is 402 g/mol. The lowest BCUT2D eigenvalue weighted by Gasteiger charge is -2.34. The average molecular weight is 428 g/mol. The van der Waals surface area contributed by atoms with Crippen molar-refractivity contribution in [3.63, 3.8) is 0 Å². The Bertz CT molecular complexity index is 925. The molecule has 6 heteroatoms. The molecule has 0 heterocycles. The summed E-state index contributed by atoms with van der Waals surface area (Å²) in [5.74, 6) is -0.397. The van der Waals surface area contributed by atoms with Gasteiger partial charge in [-0.1, -0.05) is 56.5 Å². The van der Waals surface area contributed by atoms with Crippen LogP contribution in [-0.2, 0) is 9.53 Å². The van der Waals surface area contributed by atoms with Gasteiger partial charge in [-0.25, -0.2) is 4.79 Å². The number of halogens is 1. The average Bonchev–Trinajstić information content (AvgIpc) is 2.75. The molecule has 1 saturated carbocycles. The van der Waals surface area contributed by atoms with E-state index in [1.54, 1.807) is 42.5 Å². The van der Waals surface area contributed by atoms with Gasteiger partial charge in [0.1, 0.15) is 0 Å². The van der Waals surface area contributed by atoms with Crippen molar-refractivity contribution in [2.75, 3.05) is 6.61 Å². The van der Waals surface area contributed by atoms with E-state index in [1.807, 2.05) is 0 Å². The van der Waals surface area contributed by atoms with Crippen LogP contribution < -0.4 is 5.32 Å². The summed E-state index contributed by atoms with van der Waals surface area (Å²) in [4.78, 5) is 37.7. The van der Waals surface area contributed by atoms with Gasteiger partial charge < -0.3 is 10.1 Å². The molecule has 1 amide bonds. The number of rotatable bonds is 6. The maximum Gasteiger partial charge on any atom is 0.339 e. The van der Waals surface area contributed by atoms with Gasteiger partial charge in [0.2, 0.25) is 0 Å². The number of carbonyl (C=O) groups excluding carboxylic acids is 3. The first kappa shape index (κ1) is 22.0. The second kappa shape index (κ2) is 9.90. The Labute approximate surface area is 181 Å². The Hall–Kier alpha value is -2.66. The molecule has 1 fully saturated rings. The molecular formula is C24H26ClNO4. The number of nitrogens with one attached hydrogen (secondary N) is 1. The standard InChI is InChI=1S/C24H26ClNO4/c1-15-6-5-9-21(16(15)2)26-22(27)14-30-24(29)20-8-4-3-7-19(20)23(28)17-10-12-18(25)13-11-17/h3-4,7-8,10-13,15-16,21H,5-6,9,14H2,1-2H3,(H,26,27). The van der Waals surface area contributed by atoms with Crippen LogP contribution in [0.1, 0.15) is 59.4 Å². The Kier molecular flexibility index (Phi) is 7.27. The van der Waals surface area contributed by atoms with E-state index in [0.29, 0.717) is 22.4 Å². The predicted molar refractivity (Wildman–Crippen MR) is 116 cm³/mol. The minimum absolute atomic E-state index is 0.0960. The smallest absolute Gasteiger partial charge is 0.339 e. The summed E-state index contributed by atoms with van der Waals surface area (Å²) in [6, 6.07) is 13.0. The summed E-state index contributed by atoms with van der Waals surface area (Å²) < 4.78 is 5.22. The molecule has 3 unspecified atom stereocenters. The van der Waals surface area contributed by atoms with Crippen molar-refractivity contribution in [3.05, 3.63) is 70.2 Å². The van der Waals surface area contributed by atoms with E-state index in [2.05, 4.69) is 19.2 Å². The third-order valence-electron chi connectivity index (χ3n) is 5.89. The van der Waals surface area contributed by atoms with Crippen LogP contribution in [0, 0.1) is 11.8 Å². The normalized spacial score (nSPS) is 21.0. The van der Waals surface area contributed by atoms with Crippen LogP contribution in [0.4, 0.5) is 0 Å². The second-order valence-corrected chi connectivity index (χ2v) is 8.34. The Morgan fingerprint density at radius 3 is 2.37 bits per heavy atom. The van der Waals surface area contributed by atoms with Crippen LogP contribution in [0.5, 0.6) is 0 Å². The van der Waals surface area contributed by atoms with Gasteiger partial charge in [0.15, 0.2) is 12.4 Å². The molecule has 1 N–H and O–H groups in total. The second-order valence-electron chi connectivity index (χ2n) is 7.90. The lowest BCUT2D eigenvalue weighted by molar-refractivity contribution is -0.125. The highest BCUT2D eigenvalue weighted by molar-refractivity contribution is 6.30. The van der Waals surface area contributed by atoms with E-state index in [4.69, 9.17) is 16.3 Å². The molecule has 158 valence electrons. The van der Waals surface area contributed by atoms with E-state index < -0.39 is 5.97 Å². The number of hydrogen-bond acceptors (Lipinski definition) is 4. The molecule has 3 atom stereocenters. The van der Waals surface area contributed by atoms with Crippen LogP contribution >= 0.6 is 11.6 Å². The van der Waals surface area contributed by atoms with Gasteiger partial charge in [-0.3, -0.25) is 9.59 Å². The molecule has 0 bridgehead atoms. The molecule has 0 radical (unpaired) electrons. The van der Waals surface area contributed by atoms with E-state index in [9.17, 15) is 14.4 Å². The molecule has 30 heavy (non-hydrogen) atoms. The minimum Gasteiger partial charge on any atom is -0.452 e. The molecule has 2 aromatic rings. The monoisotopic (exact) mass is 427 g/mol. The number of amides is 1. The number of ketones is 1. The molecule has 1 aliphatic carbocycles. The first-order valence-corrected chi connectivity index (χ1v) is 10.6. The van der Waals surface area contributed by atoms with Gasteiger partial charge in [0.25, 0.3) is 5.91 Å². The maximum atomic E-state index is 12.8. The highest BCUT2D eigenvalue weighted by Gasteiger charge is 2.28. The van der Waals surface area contributed by atoms with E-state index in [-0.39, 0.29) is 35.5 Å². The van der Waals surface area contributed by atoms with Gasteiger partial charge in [-0.2, -0.15) is 0 Å². The molecule has 3 rings (SSSR count). The topological polar surface area (TPSA) is 72.5 Å². The Balaban J connectivity index is 1.64. The van der Waals surface area contributed by atoms with E-state index in [0.717, 1.165) is 12.8 Å². The zero-order valence-electron chi connectivity index (χ0n) is 17.2. The lowest BCUT2D eigenvalue weighted by atomic mass is 9.78. The van der Waals surface area contributed by atoms with Crippen molar-refractivity contribution < 1.29 is 19.1 Å². The SMILES string of the molecule is CC1CCCC(NC(=O)COC(=O)c2ccccc2C(=O)c2ccc(Cl)cc2)C1C. The third-order valence-corrected chi connectivity index (χ3v) is 6.14. The van der Waals surface area contributed by atoms with Gasteiger partial charge in [-0.05, 0) is 48.6 Å².